The number of aromatic nitrogens is 2. The van der Waals surface area contributed by atoms with E-state index in [0.717, 1.165) is 0 Å². The van der Waals surface area contributed by atoms with Gasteiger partial charge in [-0.3, -0.25) is 9.69 Å². The molecule has 4 N–H and O–H groups in total. The van der Waals surface area contributed by atoms with Gasteiger partial charge < -0.3 is 20.4 Å². The van der Waals surface area contributed by atoms with Crippen LogP contribution in [-0.4, -0.2) is 52.1 Å². The van der Waals surface area contributed by atoms with E-state index in [0.29, 0.717) is 23.3 Å². The van der Waals surface area contributed by atoms with Crippen molar-refractivity contribution in [2.45, 2.75) is 13.0 Å². The van der Waals surface area contributed by atoms with Gasteiger partial charge in [0, 0.05) is 12.2 Å². The maximum Gasteiger partial charge on any atom is 0.323 e. The number of hydrogen-bond acceptors (Lipinski definition) is 4. The van der Waals surface area contributed by atoms with Crippen molar-refractivity contribution in [3.05, 3.63) is 28.7 Å². The molecule has 0 aliphatic rings. The number of aliphatic hydroxyl groups is 1. The Morgan fingerprint density at radius 3 is 2.80 bits per heavy atom. The number of nitrogens with zero attached hydrogens (tertiary/aromatic N) is 1. The first-order chi connectivity index (χ1) is 9.51. The van der Waals surface area contributed by atoms with Crippen LogP contribution in [0.25, 0.3) is 11.0 Å². The normalized spacial score (nSPS) is 12.8. The summed E-state index contributed by atoms with van der Waals surface area (Å²) in [7, 11) is 1.77. The highest BCUT2D eigenvalue weighted by atomic mass is 16.3. The zero-order valence-corrected chi connectivity index (χ0v) is 11.4. The molecule has 1 aromatic heterocycles. The van der Waals surface area contributed by atoms with Crippen LogP contribution in [-0.2, 0) is 4.79 Å². The fourth-order valence-electron chi connectivity index (χ4n) is 1.91. The minimum Gasteiger partial charge on any atom is -0.395 e. The summed E-state index contributed by atoms with van der Waals surface area (Å²) >= 11 is 0. The second-order valence-electron chi connectivity index (χ2n) is 4.71. The molecule has 0 saturated heterocycles. The van der Waals surface area contributed by atoms with Crippen LogP contribution >= 0.6 is 0 Å². The number of nitrogens with one attached hydrogen (secondary N) is 3. The maximum atomic E-state index is 12.1. The van der Waals surface area contributed by atoms with Gasteiger partial charge in [-0.05, 0) is 32.2 Å². The van der Waals surface area contributed by atoms with Crippen molar-refractivity contribution in [3.8, 4) is 0 Å². The van der Waals surface area contributed by atoms with Gasteiger partial charge in [0.25, 0.3) is 0 Å². The van der Waals surface area contributed by atoms with Gasteiger partial charge in [0.15, 0.2) is 0 Å². The minimum absolute atomic E-state index is 0.00463. The monoisotopic (exact) mass is 278 g/mol. The first-order valence-electron chi connectivity index (χ1n) is 6.35. The second-order valence-corrected chi connectivity index (χ2v) is 4.71. The zero-order chi connectivity index (χ0) is 14.7. The lowest BCUT2D eigenvalue weighted by molar-refractivity contribution is -0.120. The number of rotatable bonds is 5. The van der Waals surface area contributed by atoms with Crippen LogP contribution in [0.3, 0.4) is 0 Å². The smallest absolute Gasteiger partial charge is 0.323 e. The number of carbonyl (C=O) groups is 1. The first-order valence-corrected chi connectivity index (χ1v) is 6.35. The molecule has 0 aliphatic carbocycles. The van der Waals surface area contributed by atoms with Gasteiger partial charge in [0.05, 0.1) is 23.7 Å². The van der Waals surface area contributed by atoms with Gasteiger partial charge in [0.2, 0.25) is 5.91 Å². The largest absolute Gasteiger partial charge is 0.395 e. The number of carbonyl (C=O) groups excluding carboxylic acids is 1. The number of aromatic amines is 2. The standard InChI is InChI=1S/C13H18N4O3/c1-8(17(2)5-6-18)12(19)14-9-3-4-10-11(7-9)16-13(20)15-10/h3-4,7-8,18H,5-6H2,1-2H3,(H,14,19)(H2,15,16,20). The van der Waals surface area contributed by atoms with Gasteiger partial charge in [-0.1, -0.05) is 0 Å². The molecule has 0 saturated carbocycles. The lowest BCUT2D eigenvalue weighted by Gasteiger charge is -2.22. The Balaban J connectivity index is 2.11. The number of imidazole rings is 1. The van der Waals surface area contributed by atoms with E-state index in [4.69, 9.17) is 5.11 Å². The van der Waals surface area contributed by atoms with Crippen molar-refractivity contribution >= 4 is 22.6 Å². The summed E-state index contributed by atoms with van der Waals surface area (Å²) in [4.78, 5) is 30.3. The van der Waals surface area contributed by atoms with Crippen molar-refractivity contribution < 1.29 is 9.90 Å². The average molecular weight is 278 g/mol. The molecule has 2 rings (SSSR count). The number of benzene rings is 1. The molecule has 20 heavy (non-hydrogen) atoms. The number of anilines is 1. The SMILES string of the molecule is CC(C(=O)Nc1ccc2[nH]c(=O)[nH]c2c1)N(C)CCO. The van der Waals surface area contributed by atoms with E-state index in [2.05, 4.69) is 15.3 Å². The molecule has 2 aromatic rings. The second kappa shape index (κ2) is 5.89. The van der Waals surface area contributed by atoms with E-state index in [1.807, 2.05) is 0 Å². The quantitative estimate of drug-likeness (QED) is 0.623. The summed E-state index contributed by atoms with van der Waals surface area (Å²) in [5.41, 5.74) is 1.67. The molecule has 1 unspecified atom stereocenters. The highest BCUT2D eigenvalue weighted by Gasteiger charge is 2.17. The predicted octanol–water partition coefficient (Wildman–Crippen LogP) is 0.107. The Morgan fingerprint density at radius 1 is 1.40 bits per heavy atom. The third-order valence-corrected chi connectivity index (χ3v) is 3.28. The zero-order valence-electron chi connectivity index (χ0n) is 11.4. The highest BCUT2D eigenvalue weighted by Crippen LogP contribution is 2.15. The average Bonchev–Trinajstić information content (AvgIpc) is 2.77. The summed E-state index contributed by atoms with van der Waals surface area (Å²) in [6.45, 7) is 2.20. The van der Waals surface area contributed by atoms with E-state index in [1.54, 1.807) is 37.1 Å². The molecule has 7 heteroatoms. The van der Waals surface area contributed by atoms with Gasteiger partial charge in [-0.15, -0.1) is 0 Å². The molecule has 0 bridgehead atoms. The number of aliphatic hydroxyl groups excluding tert-OH is 1. The van der Waals surface area contributed by atoms with Gasteiger partial charge in [-0.25, -0.2) is 4.79 Å². The van der Waals surface area contributed by atoms with Crippen molar-refractivity contribution in [2.75, 3.05) is 25.5 Å². The summed E-state index contributed by atoms with van der Waals surface area (Å²) in [6, 6.07) is 4.79. The summed E-state index contributed by atoms with van der Waals surface area (Å²) in [6.07, 6.45) is 0. The molecule has 0 spiro atoms. The van der Waals surface area contributed by atoms with Crippen molar-refractivity contribution in [1.29, 1.82) is 0 Å². The molecule has 1 heterocycles. The Kier molecular flexibility index (Phi) is 4.21. The summed E-state index contributed by atoms with van der Waals surface area (Å²) in [5, 5.41) is 11.7. The minimum atomic E-state index is -0.358. The summed E-state index contributed by atoms with van der Waals surface area (Å²) < 4.78 is 0. The van der Waals surface area contributed by atoms with E-state index in [-0.39, 0.29) is 24.2 Å². The fraction of sp³-hybridized carbons (Fsp3) is 0.385. The van der Waals surface area contributed by atoms with Crippen LogP contribution < -0.4 is 11.0 Å². The van der Waals surface area contributed by atoms with Crippen molar-refractivity contribution in [1.82, 2.24) is 14.9 Å². The predicted molar refractivity (Wildman–Crippen MR) is 76.7 cm³/mol. The molecular weight excluding hydrogens is 260 g/mol. The fourth-order valence-corrected chi connectivity index (χ4v) is 1.91. The van der Waals surface area contributed by atoms with Crippen LogP contribution in [0.1, 0.15) is 6.92 Å². The number of H-pyrrole nitrogens is 2. The lowest BCUT2D eigenvalue weighted by Crippen LogP contribution is -2.40. The van der Waals surface area contributed by atoms with Crippen LogP contribution in [0.5, 0.6) is 0 Å². The molecular formula is C13H18N4O3. The van der Waals surface area contributed by atoms with E-state index in [9.17, 15) is 9.59 Å². The van der Waals surface area contributed by atoms with Crippen LogP contribution in [0.4, 0.5) is 5.69 Å². The van der Waals surface area contributed by atoms with Crippen LogP contribution in [0.15, 0.2) is 23.0 Å². The van der Waals surface area contributed by atoms with Crippen molar-refractivity contribution in [3.63, 3.8) is 0 Å². The molecule has 1 atom stereocenters. The van der Waals surface area contributed by atoms with Crippen LogP contribution in [0.2, 0.25) is 0 Å². The Bertz CT molecular complexity index is 661. The molecule has 0 aliphatic heterocycles. The van der Waals surface area contributed by atoms with Gasteiger partial charge >= 0.3 is 5.69 Å². The topological polar surface area (TPSA) is 101 Å². The maximum absolute atomic E-state index is 12.1. The number of amides is 1. The lowest BCUT2D eigenvalue weighted by atomic mass is 10.2. The third kappa shape index (κ3) is 3.06. The van der Waals surface area contributed by atoms with E-state index >= 15 is 0 Å². The number of hydrogen-bond donors (Lipinski definition) is 4. The highest BCUT2D eigenvalue weighted by molar-refractivity contribution is 5.96. The Morgan fingerprint density at radius 2 is 2.10 bits per heavy atom. The van der Waals surface area contributed by atoms with E-state index in [1.165, 1.54) is 0 Å². The number of likely N-dealkylation sites (N-methyl/N-ethyl adjacent to an activating group) is 1. The molecule has 1 amide bonds. The Labute approximate surface area is 115 Å². The van der Waals surface area contributed by atoms with Crippen LogP contribution in [0, 0.1) is 0 Å². The molecule has 7 nitrogen and oxygen atoms in total. The van der Waals surface area contributed by atoms with Gasteiger partial charge in [0.1, 0.15) is 0 Å². The molecule has 108 valence electrons. The number of fused-ring (bicyclic) bond motifs is 1. The molecule has 0 fully saturated rings. The summed E-state index contributed by atoms with van der Waals surface area (Å²) in [5.74, 6) is -0.168. The van der Waals surface area contributed by atoms with E-state index < -0.39 is 0 Å². The Hall–Kier alpha value is -2.12. The first kappa shape index (κ1) is 14.3. The molecule has 0 radical (unpaired) electrons. The third-order valence-electron chi connectivity index (χ3n) is 3.28. The molecule has 1 aromatic carbocycles. The van der Waals surface area contributed by atoms with Crippen molar-refractivity contribution in [2.24, 2.45) is 0 Å². The van der Waals surface area contributed by atoms with Gasteiger partial charge in [-0.2, -0.15) is 0 Å².